The van der Waals surface area contributed by atoms with Gasteiger partial charge >= 0.3 is 0 Å². The number of aryl methyl sites for hydroxylation is 2. The van der Waals surface area contributed by atoms with Gasteiger partial charge in [0, 0.05) is 18.3 Å². The quantitative estimate of drug-likeness (QED) is 0.904. The molecule has 2 rings (SSSR count). The third-order valence-corrected chi connectivity index (χ3v) is 3.93. The number of rotatable bonds is 4. The van der Waals surface area contributed by atoms with Crippen LogP contribution < -0.4 is 10.2 Å². The van der Waals surface area contributed by atoms with Crippen molar-refractivity contribution in [3.05, 3.63) is 58.4 Å². The largest absolute Gasteiger partial charge is 0.324 e. The van der Waals surface area contributed by atoms with E-state index in [4.69, 9.17) is 11.6 Å². The van der Waals surface area contributed by atoms with Gasteiger partial charge in [-0.1, -0.05) is 29.8 Å². The van der Waals surface area contributed by atoms with Crippen LogP contribution in [0.15, 0.2) is 36.4 Å². The molecule has 0 aliphatic carbocycles. The molecule has 0 bridgehead atoms. The van der Waals surface area contributed by atoms with Crippen molar-refractivity contribution in [2.45, 2.75) is 20.8 Å². The van der Waals surface area contributed by atoms with Gasteiger partial charge in [0.25, 0.3) is 0 Å². The summed E-state index contributed by atoms with van der Waals surface area (Å²) in [6.07, 6.45) is 0. The van der Waals surface area contributed by atoms with E-state index in [9.17, 15) is 14.0 Å². The normalized spacial score (nSPS) is 10.4. The van der Waals surface area contributed by atoms with Gasteiger partial charge in [-0.2, -0.15) is 0 Å². The van der Waals surface area contributed by atoms with Gasteiger partial charge in [-0.25, -0.2) is 4.39 Å². The minimum atomic E-state index is -0.580. The molecule has 0 saturated carbocycles. The fourth-order valence-corrected chi connectivity index (χ4v) is 2.55. The molecular formula is C18H18ClFN2O2. The van der Waals surface area contributed by atoms with Crippen molar-refractivity contribution in [1.82, 2.24) is 0 Å². The molecule has 0 aliphatic rings. The highest BCUT2D eigenvalue weighted by atomic mass is 35.5. The number of anilines is 2. The van der Waals surface area contributed by atoms with Gasteiger partial charge in [0.15, 0.2) is 0 Å². The molecule has 0 atom stereocenters. The van der Waals surface area contributed by atoms with Crippen molar-refractivity contribution < 1.29 is 14.0 Å². The Morgan fingerprint density at radius 2 is 1.79 bits per heavy atom. The molecule has 0 aliphatic heterocycles. The zero-order valence-corrected chi connectivity index (χ0v) is 14.4. The monoisotopic (exact) mass is 348 g/mol. The highest BCUT2D eigenvalue weighted by molar-refractivity contribution is 6.31. The van der Waals surface area contributed by atoms with Crippen molar-refractivity contribution in [2.75, 3.05) is 16.8 Å². The first-order valence-electron chi connectivity index (χ1n) is 7.39. The maximum absolute atomic E-state index is 13.3. The lowest BCUT2D eigenvalue weighted by molar-refractivity contribution is -0.120. The van der Waals surface area contributed by atoms with Crippen LogP contribution in [-0.4, -0.2) is 18.4 Å². The third-order valence-electron chi connectivity index (χ3n) is 3.64. The summed E-state index contributed by atoms with van der Waals surface area (Å²) in [5.41, 5.74) is 2.96. The van der Waals surface area contributed by atoms with E-state index < -0.39 is 5.82 Å². The van der Waals surface area contributed by atoms with E-state index in [0.717, 1.165) is 22.9 Å². The molecule has 4 nitrogen and oxygen atoms in total. The van der Waals surface area contributed by atoms with Crippen molar-refractivity contribution in [3.8, 4) is 0 Å². The van der Waals surface area contributed by atoms with E-state index in [2.05, 4.69) is 5.32 Å². The second-order valence-electron chi connectivity index (χ2n) is 5.52. The van der Waals surface area contributed by atoms with Crippen molar-refractivity contribution in [3.63, 3.8) is 0 Å². The van der Waals surface area contributed by atoms with Gasteiger partial charge in [-0.15, -0.1) is 0 Å². The predicted molar refractivity (Wildman–Crippen MR) is 94.0 cm³/mol. The van der Waals surface area contributed by atoms with Crippen molar-refractivity contribution in [2.24, 2.45) is 0 Å². The van der Waals surface area contributed by atoms with Crippen LogP contribution in [0.5, 0.6) is 0 Å². The molecule has 1 N–H and O–H groups in total. The molecule has 24 heavy (non-hydrogen) atoms. The van der Waals surface area contributed by atoms with Gasteiger partial charge < -0.3 is 10.2 Å². The molecular weight excluding hydrogens is 331 g/mol. The van der Waals surface area contributed by atoms with E-state index in [1.807, 2.05) is 32.0 Å². The Kier molecular flexibility index (Phi) is 5.57. The van der Waals surface area contributed by atoms with E-state index in [-0.39, 0.29) is 23.4 Å². The molecule has 126 valence electrons. The van der Waals surface area contributed by atoms with Crippen LogP contribution in [0.2, 0.25) is 5.02 Å². The minimum Gasteiger partial charge on any atom is -0.324 e. The summed E-state index contributed by atoms with van der Waals surface area (Å²) in [4.78, 5) is 25.5. The molecule has 6 heteroatoms. The van der Waals surface area contributed by atoms with E-state index in [1.54, 1.807) is 0 Å². The van der Waals surface area contributed by atoms with Crippen LogP contribution in [0.3, 0.4) is 0 Å². The van der Waals surface area contributed by atoms with Crippen LogP contribution in [0.4, 0.5) is 15.8 Å². The summed E-state index contributed by atoms with van der Waals surface area (Å²) in [5, 5.41) is 2.72. The number of benzene rings is 2. The number of hydrogen-bond acceptors (Lipinski definition) is 2. The topological polar surface area (TPSA) is 49.4 Å². The molecule has 2 aromatic carbocycles. The van der Waals surface area contributed by atoms with Crippen LogP contribution >= 0.6 is 11.6 Å². The lowest BCUT2D eigenvalue weighted by atomic mass is 10.1. The lowest BCUT2D eigenvalue weighted by Crippen LogP contribution is -2.36. The Morgan fingerprint density at radius 3 is 2.33 bits per heavy atom. The van der Waals surface area contributed by atoms with E-state index in [0.29, 0.717) is 5.69 Å². The van der Waals surface area contributed by atoms with Gasteiger partial charge in [0.1, 0.15) is 12.4 Å². The highest BCUT2D eigenvalue weighted by Gasteiger charge is 2.18. The highest BCUT2D eigenvalue weighted by Crippen LogP contribution is 2.23. The number of para-hydroxylation sites is 1. The SMILES string of the molecule is CC(=O)N(CC(=O)Nc1c(C)cccc1C)c1ccc(F)c(Cl)c1. The smallest absolute Gasteiger partial charge is 0.244 e. The molecule has 0 radical (unpaired) electrons. The second-order valence-corrected chi connectivity index (χ2v) is 5.93. The zero-order chi connectivity index (χ0) is 17.9. The number of carbonyl (C=O) groups excluding carboxylic acids is 2. The standard InChI is InChI=1S/C18H18ClFN2O2/c1-11-5-4-6-12(2)18(11)21-17(24)10-22(13(3)23)14-7-8-16(20)15(19)9-14/h4-9H,10H2,1-3H3,(H,21,24). The minimum absolute atomic E-state index is 0.103. The molecule has 0 heterocycles. The number of carbonyl (C=O) groups is 2. The number of halogens is 2. The van der Waals surface area contributed by atoms with Gasteiger partial charge in [0.05, 0.1) is 5.02 Å². The first-order valence-corrected chi connectivity index (χ1v) is 7.76. The van der Waals surface area contributed by atoms with E-state index in [1.165, 1.54) is 24.0 Å². The summed E-state index contributed by atoms with van der Waals surface area (Å²) in [6.45, 7) is 4.94. The number of nitrogens with zero attached hydrogens (tertiary/aromatic N) is 1. The predicted octanol–water partition coefficient (Wildman–Crippen LogP) is 4.09. The summed E-state index contributed by atoms with van der Waals surface area (Å²) in [5.74, 6) is -1.26. The summed E-state index contributed by atoms with van der Waals surface area (Å²) >= 11 is 5.76. The summed E-state index contributed by atoms with van der Waals surface area (Å²) in [6, 6.07) is 9.59. The maximum Gasteiger partial charge on any atom is 0.244 e. The zero-order valence-electron chi connectivity index (χ0n) is 13.7. The summed E-state index contributed by atoms with van der Waals surface area (Å²) < 4.78 is 13.3. The summed E-state index contributed by atoms with van der Waals surface area (Å²) in [7, 11) is 0. The van der Waals surface area contributed by atoms with Gasteiger partial charge in [-0.05, 0) is 43.2 Å². The van der Waals surface area contributed by atoms with Crippen molar-refractivity contribution in [1.29, 1.82) is 0 Å². The Bertz CT molecular complexity index is 772. The fraction of sp³-hybridized carbons (Fsp3) is 0.222. The number of amides is 2. The van der Waals surface area contributed by atoms with Crippen LogP contribution in [-0.2, 0) is 9.59 Å². The van der Waals surface area contributed by atoms with Gasteiger partial charge in [-0.3, -0.25) is 9.59 Å². The first-order chi connectivity index (χ1) is 11.3. The third kappa shape index (κ3) is 4.11. The first kappa shape index (κ1) is 17.9. The molecule has 0 fully saturated rings. The molecule has 0 saturated heterocycles. The van der Waals surface area contributed by atoms with Crippen LogP contribution in [0.25, 0.3) is 0 Å². The Hall–Kier alpha value is -2.40. The van der Waals surface area contributed by atoms with Gasteiger partial charge in [0.2, 0.25) is 11.8 Å². The Balaban J connectivity index is 2.20. The average Bonchev–Trinajstić information content (AvgIpc) is 2.51. The number of hydrogen-bond donors (Lipinski definition) is 1. The second kappa shape index (κ2) is 7.45. The molecule has 0 aromatic heterocycles. The fourth-order valence-electron chi connectivity index (χ4n) is 2.37. The average molecular weight is 349 g/mol. The Morgan fingerprint density at radius 1 is 1.17 bits per heavy atom. The van der Waals surface area contributed by atoms with Crippen LogP contribution in [0.1, 0.15) is 18.1 Å². The lowest BCUT2D eigenvalue weighted by Gasteiger charge is -2.21. The Labute approximate surface area is 145 Å². The van der Waals surface area contributed by atoms with Crippen LogP contribution in [0, 0.1) is 19.7 Å². The molecule has 0 spiro atoms. The van der Waals surface area contributed by atoms with Crippen molar-refractivity contribution >= 4 is 34.8 Å². The molecule has 2 amide bonds. The molecule has 0 unspecified atom stereocenters. The molecule has 2 aromatic rings. The van der Waals surface area contributed by atoms with E-state index >= 15 is 0 Å². The maximum atomic E-state index is 13.3. The number of nitrogens with one attached hydrogen (secondary N) is 1.